The second-order valence-corrected chi connectivity index (χ2v) is 11.0. The van der Waals surface area contributed by atoms with E-state index in [1.807, 2.05) is 41.5 Å². The summed E-state index contributed by atoms with van der Waals surface area (Å²) < 4.78 is 35.4. The SMILES string of the molecule is CCO[Si](CCCCC[Si](OCC)(OCC)OCC)(OCC)OCC. The fourth-order valence-corrected chi connectivity index (χ4v) is 8.23. The van der Waals surface area contributed by atoms with Crippen molar-refractivity contribution in [3.05, 3.63) is 0 Å². The van der Waals surface area contributed by atoms with Crippen molar-refractivity contribution in [2.45, 2.75) is 72.9 Å². The molecule has 0 radical (unpaired) electrons. The van der Waals surface area contributed by atoms with Crippen LogP contribution in [-0.4, -0.2) is 57.3 Å². The van der Waals surface area contributed by atoms with Gasteiger partial charge in [-0.15, -0.1) is 0 Å². The Bertz CT molecular complexity index is 245. The lowest BCUT2D eigenvalue weighted by Crippen LogP contribution is -2.46. The average Bonchev–Trinajstić information content (AvgIpc) is 2.56. The van der Waals surface area contributed by atoms with Gasteiger partial charge in [-0.1, -0.05) is 6.42 Å². The summed E-state index contributed by atoms with van der Waals surface area (Å²) in [5.41, 5.74) is 0. The molecule has 8 heteroatoms. The molecular formula is C17H40O6Si2. The van der Waals surface area contributed by atoms with Gasteiger partial charge in [-0.05, 0) is 54.4 Å². The van der Waals surface area contributed by atoms with Gasteiger partial charge in [-0.3, -0.25) is 0 Å². The molecule has 0 spiro atoms. The van der Waals surface area contributed by atoms with Crippen molar-refractivity contribution in [2.24, 2.45) is 0 Å². The Hall–Kier alpha value is 0.194. The molecule has 25 heavy (non-hydrogen) atoms. The largest absolute Gasteiger partial charge is 0.500 e. The van der Waals surface area contributed by atoms with Gasteiger partial charge in [0.05, 0.1) is 0 Å². The molecular weight excluding hydrogens is 356 g/mol. The molecule has 0 aliphatic carbocycles. The summed E-state index contributed by atoms with van der Waals surface area (Å²) in [6, 6.07) is 1.71. The van der Waals surface area contributed by atoms with Gasteiger partial charge in [0.15, 0.2) is 0 Å². The number of hydrogen-bond donors (Lipinski definition) is 0. The molecule has 0 atom stereocenters. The van der Waals surface area contributed by atoms with Crippen LogP contribution in [0.4, 0.5) is 0 Å². The molecule has 0 fully saturated rings. The first-order valence-electron chi connectivity index (χ1n) is 9.91. The lowest BCUT2D eigenvalue weighted by Gasteiger charge is -2.29. The molecule has 0 aromatic heterocycles. The first-order valence-corrected chi connectivity index (χ1v) is 13.8. The smallest absolute Gasteiger partial charge is 0.374 e. The van der Waals surface area contributed by atoms with Gasteiger partial charge in [-0.25, -0.2) is 0 Å². The quantitative estimate of drug-likeness (QED) is 0.255. The highest BCUT2D eigenvalue weighted by Crippen LogP contribution is 2.23. The van der Waals surface area contributed by atoms with Crippen LogP contribution in [0.2, 0.25) is 12.1 Å². The highest BCUT2D eigenvalue weighted by Gasteiger charge is 2.41. The maximum atomic E-state index is 5.90. The minimum Gasteiger partial charge on any atom is -0.374 e. The summed E-state index contributed by atoms with van der Waals surface area (Å²) in [4.78, 5) is 0. The molecule has 152 valence electrons. The van der Waals surface area contributed by atoms with Gasteiger partial charge < -0.3 is 26.6 Å². The van der Waals surface area contributed by atoms with Crippen molar-refractivity contribution >= 4 is 17.6 Å². The lowest BCUT2D eigenvalue weighted by atomic mass is 10.3. The van der Waals surface area contributed by atoms with E-state index in [0.29, 0.717) is 39.6 Å². The second-order valence-electron chi connectivity index (χ2n) is 5.52. The Kier molecular flexibility index (Phi) is 15.4. The van der Waals surface area contributed by atoms with Crippen molar-refractivity contribution in [3.8, 4) is 0 Å². The van der Waals surface area contributed by atoms with Crippen LogP contribution in [0.25, 0.3) is 0 Å². The number of rotatable bonds is 18. The predicted octanol–water partition coefficient (Wildman–Crippen LogP) is 4.25. The minimum absolute atomic E-state index is 0.626. The predicted molar refractivity (Wildman–Crippen MR) is 105 cm³/mol. The zero-order valence-electron chi connectivity index (χ0n) is 17.2. The Morgan fingerprint density at radius 1 is 0.400 bits per heavy atom. The molecule has 0 aliphatic rings. The lowest BCUT2D eigenvalue weighted by molar-refractivity contribution is 0.0696. The molecule has 6 nitrogen and oxygen atoms in total. The molecule has 0 unspecified atom stereocenters. The van der Waals surface area contributed by atoms with E-state index in [-0.39, 0.29) is 0 Å². The maximum absolute atomic E-state index is 5.90. The summed E-state index contributed by atoms with van der Waals surface area (Å²) in [5, 5.41) is 0. The van der Waals surface area contributed by atoms with E-state index in [2.05, 4.69) is 0 Å². The van der Waals surface area contributed by atoms with Crippen molar-refractivity contribution in [1.29, 1.82) is 0 Å². The van der Waals surface area contributed by atoms with Gasteiger partial charge in [0.25, 0.3) is 0 Å². The van der Waals surface area contributed by atoms with Gasteiger partial charge in [0.2, 0.25) is 0 Å². The van der Waals surface area contributed by atoms with Crippen LogP contribution in [0, 0.1) is 0 Å². The van der Waals surface area contributed by atoms with Crippen LogP contribution in [0.5, 0.6) is 0 Å². The Labute approximate surface area is 157 Å². The van der Waals surface area contributed by atoms with E-state index in [4.69, 9.17) is 26.6 Å². The normalized spacial score (nSPS) is 12.7. The van der Waals surface area contributed by atoms with Gasteiger partial charge in [0.1, 0.15) is 0 Å². The molecule has 0 bridgehead atoms. The van der Waals surface area contributed by atoms with Crippen LogP contribution < -0.4 is 0 Å². The van der Waals surface area contributed by atoms with E-state index in [1.165, 1.54) is 0 Å². The van der Waals surface area contributed by atoms with Crippen molar-refractivity contribution in [3.63, 3.8) is 0 Å². The third-order valence-electron chi connectivity index (χ3n) is 3.65. The van der Waals surface area contributed by atoms with Crippen LogP contribution >= 0.6 is 0 Å². The monoisotopic (exact) mass is 396 g/mol. The molecule has 0 rings (SSSR count). The highest BCUT2D eigenvalue weighted by atomic mass is 28.4. The minimum atomic E-state index is -2.52. The van der Waals surface area contributed by atoms with E-state index >= 15 is 0 Å². The fourth-order valence-electron chi connectivity index (χ4n) is 2.86. The van der Waals surface area contributed by atoms with Gasteiger partial charge in [0, 0.05) is 51.7 Å². The summed E-state index contributed by atoms with van der Waals surface area (Å²) in [6.45, 7) is 15.7. The fraction of sp³-hybridized carbons (Fsp3) is 1.00. The third-order valence-corrected chi connectivity index (χ3v) is 9.95. The average molecular weight is 397 g/mol. The Balaban J connectivity index is 4.49. The van der Waals surface area contributed by atoms with Crippen molar-refractivity contribution < 1.29 is 26.6 Å². The number of unbranched alkanes of at least 4 members (excludes halogenated alkanes) is 2. The highest BCUT2D eigenvalue weighted by molar-refractivity contribution is 6.61. The molecule has 0 saturated carbocycles. The molecule has 0 aliphatic heterocycles. The van der Waals surface area contributed by atoms with Gasteiger partial charge >= 0.3 is 17.6 Å². The van der Waals surface area contributed by atoms with E-state index in [9.17, 15) is 0 Å². The molecule has 0 aromatic rings. The van der Waals surface area contributed by atoms with Crippen LogP contribution in [0.3, 0.4) is 0 Å². The van der Waals surface area contributed by atoms with Crippen LogP contribution in [0.1, 0.15) is 60.8 Å². The van der Waals surface area contributed by atoms with E-state index < -0.39 is 17.6 Å². The van der Waals surface area contributed by atoms with E-state index in [1.54, 1.807) is 0 Å². The summed E-state index contributed by atoms with van der Waals surface area (Å²) in [7, 11) is -5.04. The zero-order valence-corrected chi connectivity index (χ0v) is 19.2. The Morgan fingerprint density at radius 2 is 0.640 bits per heavy atom. The molecule has 0 aromatic carbocycles. The van der Waals surface area contributed by atoms with Crippen LogP contribution in [0.15, 0.2) is 0 Å². The first kappa shape index (κ1) is 25.2. The Morgan fingerprint density at radius 3 is 0.840 bits per heavy atom. The van der Waals surface area contributed by atoms with Crippen molar-refractivity contribution in [2.75, 3.05) is 39.6 Å². The summed E-state index contributed by atoms with van der Waals surface area (Å²) >= 11 is 0. The first-order chi connectivity index (χ1) is 12.1. The van der Waals surface area contributed by atoms with Gasteiger partial charge in [-0.2, -0.15) is 0 Å². The molecule has 0 N–H and O–H groups in total. The van der Waals surface area contributed by atoms with Crippen molar-refractivity contribution in [1.82, 2.24) is 0 Å². The molecule has 0 heterocycles. The molecule has 0 amide bonds. The zero-order chi connectivity index (χ0) is 19.0. The standard InChI is InChI=1S/C17H40O6Si2/c1-7-18-24(19-8-2,20-9-3)16-14-13-15-17-25(21-10-4,22-11-5)23-12-6/h7-17H2,1-6H3. The summed E-state index contributed by atoms with van der Waals surface area (Å²) in [5.74, 6) is 0. The summed E-state index contributed by atoms with van der Waals surface area (Å²) in [6.07, 6.45) is 3.09. The molecule has 0 saturated heterocycles. The van der Waals surface area contributed by atoms with Crippen LogP contribution in [-0.2, 0) is 26.6 Å². The topological polar surface area (TPSA) is 55.4 Å². The maximum Gasteiger partial charge on any atom is 0.500 e. The second kappa shape index (κ2) is 15.3. The number of hydrogen-bond acceptors (Lipinski definition) is 6. The van der Waals surface area contributed by atoms with E-state index in [0.717, 1.165) is 31.4 Å². The third kappa shape index (κ3) is 10.2.